The number of guanidine groups is 1. The maximum Gasteiger partial charge on any atom is 0.313 e. The SMILES string of the molecule is CC(=O)OC(=O)CC/C(=N\O)C(=O)NCCN(C(=O)[C@H](CC(=O)NC[C@@H]1CCCN(C(=N)N)C1)NS(=O)(=O)N1CCOCC1)C1CC1. The molecule has 0 aromatic rings. The van der Waals surface area contributed by atoms with Crippen molar-refractivity contribution in [1.82, 2.24) is 29.5 Å². The Labute approximate surface area is 273 Å². The molecule has 3 aliphatic rings. The third-order valence-electron chi connectivity index (χ3n) is 7.85. The van der Waals surface area contributed by atoms with Crippen molar-refractivity contribution in [3.63, 3.8) is 0 Å². The molecule has 47 heavy (non-hydrogen) atoms. The third kappa shape index (κ3) is 12.3. The van der Waals surface area contributed by atoms with Gasteiger partial charge in [0.05, 0.1) is 26.1 Å². The molecule has 2 heterocycles. The number of likely N-dealkylation sites (tertiary alicyclic amines) is 1. The predicted molar refractivity (Wildman–Crippen MR) is 165 cm³/mol. The number of rotatable bonds is 16. The number of nitrogens with two attached hydrogens (primary N) is 1. The van der Waals surface area contributed by atoms with Crippen LogP contribution in [0.3, 0.4) is 0 Å². The van der Waals surface area contributed by atoms with Gasteiger partial charge < -0.3 is 40.8 Å². The zero-order valence-electron chi connectivity index (χ0n) is 26.4. The van der Waals surface area contributed by atoms with Gasteiger partial charge in [0.2, 0.25) is 11.8 Å². The first-order valence-electron chi connectivity index (χ1n) is 15.5. The van der Waals surface area contributed by atoms with Crippen LogP contribution in [0.2, 0.25) is 0 Å². The van der Waals surface area contributed by atoms with E-state index < -0.39 is 58.0 Å². The molecule has 3 rings (SSSR count). The normalized spacial score (nSPS) is 19.7. The highest BCUT2D eigenvalue weighted by Crippen LogP contribution is 2.27. The Kier molecular flexibility index (Phi) is 14.3. The molecular formula is C27H45N9O10S. The van der Waals surface area contributed by atoms with Crippen LogP contribution < -0.4 is 21.1 Å². The summed E-state index contributed by atoms with van der Waals surface area (Å²) in [5, 5.41) is 25.1. The van der Waals surface area contributed by atoms with E-state index in [1.165, 1.54) is 4.90 Å². The molecule has 3 amide bonds. The molecule has 264 valence electrons. The second-order valence-corrected chi connectivity index (χ2v) is 13.3. The standard InChI is InChI=1S/C27H45N9O10S/c1-18(37)46-24(39)7-6-21(32-42)25(40)30-8-10-36(20-4-5-20)26(41)22(33-47(43,44)35-11-13-45-14-12-35)15-23(38)31-16-19-3-2-9-34(17-19)27(28)29/h19-20,22,33,42H,2-17H2,1H3,(H3,28,29)(H,30,40)(H,31,38)/b32-21+/t19-,22-/m0/s1. The molecule has 1 saturated carbocycles. The van der Waals surface area contributed by atoms with Crippen molar-refractivity contribution in [2.24, 2.45) is 16.8 Å². The Hall–Kier alpha value is -3.88. The van der Waals surface area contributed by atoms with Crippen LogP contribution in [0, 0.1) is 11.3 Å². The predicted octanol–water partition coefficient (Wildman–Crippen LogP) is -2.56. The van der Waals surface area contributed by atoms with Gasteiger partial charge in [-0.05, 0) is 31.6 Å². The summed E-state index contributed by atoms with van der Waals surface area (Å²) < 4.78 is 39.7. The second kappa shape index (κ2) is 17.9. The lowest BCUT2D eigenvalue weighted by atomic mass is 9.98. The van der Waals surface area contributed by atoms with Gasteiger partial charge in [0.15, 0.2) is 5.96 Å². The van der Waals surface area contributed by atoms with E-state index in [9.17, 15) is 37.6 Å². The molecule has 1 aliphatic carbocycles. The van der Waals surface area contributed by atoms with Gasteiger partial charge in [-0.1, -0.05) is 5.16 Å². The zero-order chi connectivity index (χ0) is 34.6. The minimum atomic E-state index is -4.17. The van der Waals surface area contributed by atoms with E-state index in [0.29, 0.717) is 25.9 Å². The van der Waals surface area contributed by atoms with Crippen LogP contribution in [0.15, 0.2) is 5.16 Å². The number of nitrogens with zero attached hydrogens (tertiary/aromatic N) is 4. The average molecular weight is 688 g/mol. The monoisotopic (exact) mass is 687 g/mol. The number of amides is 3. The van der Waals surface area contributed by atoms with Crippen molar-refractivity contribution in [2.75, 3.05) is 59.0 Å². The van der Waals surface area contributed by atoms with Crippen LogP contribution in [0.5, 0.6) is 0 Å². The molecule has 0 radical (unpaired) electrons. The van der Waals surface area contributed by atoms with Gasteiger partial charge in [0.25, 0.3) is 16.1 Å². The molecule has 0 spiro atoms. The van der Waals surface area contributed by atoms with E-state index >= 15 is 0 Å². The number of esters is 2. The van der Waals surface area contributed by atoms with Gasteiger partial charge in [-0.25, -0.2) is 0 Å². The van der Waals surface area contributed by atoms with Crippen LogP contribution >= 0.6 is 0 Å². The van der Waals surface area contributed by atoms with Gasteiger partial charge in [0, 0.05) is 65.2 Å². The Morgan fingerprint density at radius 1 is 1.11 bits per heavy atom. The molecule has 19 nitrogen and oxygen atoms in total. The van der Waals surface area contributed by atoms with E-state index in [-0.39, 0.29) is 76.7 Å². The van der Waals surface area contributed by atoms with E-state index in [4.69, 9.17) is 15.9 Å². The molecule has 7 N–H and O–H groups in total. The second-order valence-electron chi connectivity index (χ2n) is 11.6. The van der Waals surface area contributed by atoms with Crippen LogP contribution in [0.1, 0.15) is 51.9 Å². The van der Waals surface area contributed by atoms with Gasteiger partial charge in [0.1, 0.15) is 11.8 Å². The summed E-state index contributed by atoms with van der Waals surface area (Å²) in [6, 6.07) is -1.67. The van der Waals surface area contributed by atoms with Crippen LogP contribution in [0.4, 0.5) is 0 Å². The molecule has 0 bridgehead atoms. The number of carbonyl (C=O) groups is 5. The Morgan fingerprint density at radius 3 is 2.43 bits per heavy atom. The number of nitrogens with one attached hydrogen (secondary N) is 4. The smallest absolute Gasteiger partial charge is 0.313 e. The highest BCUT2D eigenvalue weighted by Gasteiger charge is 2.39. The number of hydrogen-bond acceptors (Lipinski definition) is 12. The fraction of sp³-hybridized carbons (Fsp3) is 0.741. The van der Waals surface area contributed by atoms with Crippen molar-refractivity contribution < 1.29 is 47.1 Å². The lowest BCUT2D eigenvalue weighted by molar-refractivity contribution is -0.157. The first-order valence-corrected chi connectivity index (χ1v) is 17.0. The fourth-order valence-corrected chi connectivity index (χ4v) is 6.60. The van der Waals surface area contributed by atoms with Crippen molar-refractivity contribution >= 4 is 51.5 Å². The Morgan fingerprint density at radius 2 is 1.81 bits per heavy atom. The number of piperidine rings is 1. The average Bonchev–Trinajstić information content (AvgIpc) is 3.87. The lowest BCUT2D eigenvalue weighted by Crippen LogP contribution is -2.56. The summed E-state index contributed by atoms with van der Waals surface area (Å²) in [5.41, 5.74) is 5.21. The molecule has 2 aliphatic heterocycles. The number of hydrogen-bond donors (Lipinski definition) is 6. The quantitative estimate of drug-likeness (QED) is 0.0244. The molecule has 2 atom stereocenters. The molecule has 0 aromatic heterocycles. The maximum absolute atomic E-state index is 13.9. The summed E-state index contributed by atoms with van der Waals surface area (Å²) in [6.07, 6.45) is 1.72. The molecule has 0 unspecified atom stereocenters. The number of morpholine rings is 1. The summed E-state index contributed by atoms with van der Waals surface area (Å²) in [5.74, 6) is -3.74. The molecule has 0 aromatic carbocycles. The summed E-state index contributed by atoms with van der Waals surface area (Å²) in [6.45, 7) is 2.83. The number of carbonyl (C=O) groups excluding carboxylic acids is 5. The van der Waals surface area contributed by atoms with Crippen LogP contribution in [0.25, 0.3) is 0 Å². The minimum Gasteiger partial charge on any atom is -0.410 e. The summed E-state index contributed by atoms with van der Waals surface area (Å²) >= 11 is 0. The highest BCUT2D eigenvalue weighted by atomic mass is 32.2. The first-order chi connectivity index (χ1) is 22.3. The van der Waals surface area contributed by atoms with Crippen LogP contribution in [-0.2, 0) is 43.7 Å². The van der Waals surface area contributed by atoms with Crippen molar-refractivity contribution in [1.29, 1.82) is 5.41 Å². The highest BCUT2D eigenvalue weighted by molar-refractivity contribution is 7.87. The fourth-order valence-electron chi connectivity index (χ4n) is 5.28. The maximum atomic E-state index is 13.9. The minimum absolute atomic E-state index is 0.0227. The molecule has 2 saturated heterocycles. The topological polar surface area (TPSA) is 266 Å². The number of oxime groups is 1. The van der Waals surface area contributed by atoms with E-state index in [1.807, 2.05) is 0 Å². The zero-order valence-corrected chi connectivity index (χ0v) is 27.3. The Bertz CT molecular complexity index is 1300. The van der Waals surface area contributed by atoms with Gasteiger partial charge >= 0.3 is 11.9 Å². The largest absolute Gasteiger partial charge is 0.410 e. The van der Waals surface area contributed by atoms with Crippen molar-refractivity contribution in [3.8, 4) is 0 Å². The summed E-state index contributed by atoms with van der Waals surface area (Å²) in [4.78, 5) is 65.1. The molecular weight excluding hydrogens is 642 g/mol. The van der Waals surface area contributed by atoms with Gasteiger partial charge in [-0.15, -0.1) is 0 Å². The number of ether oxygens (including phenoxy) is 2. The Balaban J connectivity index is 1.64. The third-order valence-corrected chi connectivity index (χ3v) is 9.48. The van der Waals surface area contributed by atoms with Crippen molar-refractivity contribution in [3.05, 3.63) is 0 Å². The van der Waals surface area contributed by atoms with E-state index in [1.54, 1.807) is 4.90 Å². The van der Waals surface area contributed by atoms with Gasteiger partial charge in [-0.3, -0.25) is 29.4 Å². The molecule has 3 fully saturated rings. The van der Waals surface area contributed by atoms with E-state index in [2.05, 4.69) is 25.2 Å². The lowest BCUT2D eigenvalue weighted by Gasteiger charge is -2.33. The molecule has 20 heteroatoms. The van der Waals surface area contributed by atoms with Crippen LogP contribution in [-0.4, -0.2) is 140 Å². The van der Waals surface area contributed by atoms with E-state index in [0.717, 1.165) is 24.1 Å². The van der Waals surface area contributed by atoms with Crippen molar-refractivity contribution in [2.45, 2.75) is 64.0 Å². The first kappa shape index (κ1) is 37.6. The van der Waals surface area contributed by atoms with Gasteiger partial charge in [-0.2, -0.15) is 17.4 Å². The summed E-state index contributed by atoms with van der Waals surface area (Å²) in [7, 11) is -4.17.